The van der Waals surface area contributed by atoms with Gasteiger partial charge in [0.1, 0.15) is 10.8 Å². The second-order valence-electron chi connectivity index (χ2n) is 3.33. The molecule has 17 heavy (non-hydrogen) atoms. The minimum Gasteiger partial charge on any atom is -0.334 e. The lowest BCUT2D eigenvalue weighted by Crippen LogP contribution is -2.42. The molecule has 1 aromatic rings. The maximum atomic E-state index is 11.8. The van der Waals surface area contributed by atoms with Crippen molar-refractivity contribution in [2.45, 2.75) is 6.17 Å². The molecule has 0 aliphatic carbocycles. The van der Waals surface area contributed by atoms with Crippen molar-refractivity contribution in [3.8, 4) is 0 Å². The SMILES string of the molecule is NC1C=NC(Br)=CN1OC(=O)c1ccccc1. The van der Waals surface area contributed by atoms with Crippen LogP contribution in [0, 0.1) is 0 Å². The number of aliphatic imine (C=N–C) groups is 1. The van der Waals surface area contributed by atoms with Gasteiger partial charge >= 0.3 is 5.97 Å². The van der Waals surface area contributed by atoms with E-state index < -0.39 is 12.1 Å². The first-order valence-corrected chi connectivity index (χ1v) is 5.69. The molecule has 1 unspecified atom stereocenters. The fourth-order valence-corrected chi connectivity index (χ4v) is 1.57. The number of nitrogens with zero attached hydrogens (tertiary/aromatic N) is 2. The molecule has 6 heteroatoms. The van der Waals surface area contributed by atoms with Gasteiger partial charge < -0.3 is 10.6 Å². The summed E-state index contributed by atoms with van der Waals surface area (Å²) in [6.45, 7) is 0. The summed E-state index contributed by atoms with van der Waals surface area (Å²) in [5.41, 5.74) is 6.17. The van der Waals surface area contributed by atoms with Crippen molar-refractivity contribution in [2.75, 3.05) is 0 Å². The Kier molecular flexibility index (Phi) is 3.55. The van der Waals surface area contributed by atoms with Crippen LogP contribution in [-0.2, 0) is 4.84 Å². The van der Waals surface area contributed by atoms with Crippen molar-refractivity contribution in [1.29, 1.82) is 0 Å². The Bertz CT molecular complexity index is 473. The van der Waals surface area contributed by atoms with E-state index in [4.69, 9.17) is 10.6 Å². The highest BCUT2D eigenvalue weighted by Gasteiger charge is 2.19. The van der Waals surface area contributed by atoms with E-state index in [1.165, 1.54) is 17.5 Å². The number of rotatable bonds is 2. The Labute approximate surface area is 107 Å². The van der Waals surface area contributed by atoms with Crippen molar-refractivity contribution >= 4 is 28.1 Å². The van der Waals surface area contributed by atoms with Crippen LogP contribution in [0.25, 0.3) is 0 Å². The molecule has 1 aliphatic heterocycles. The third-order valence-corrected chi connectivity index (χ3v) is 2.49. The summed E-state index contributed by atoms with van der Waals surface area (Å²) in [6, 6.07) is 8.70. The van der Waals surface area contributed by atoms with Gasteiger partial charge in [-0.3, -0.25) is 0 Å². The summed E-state index contributed by atoms with van der Waals surface area (Å²) >= 11 is 3.18. The zero-order chi connectivity index (χ0) is 12.3. The van der Waals surface area contributed by atoms with Gasteiger partial charge in [-0.05, 0) is 28.1 Å². The smallest absolute Gasteiger partial charge is 0.334 e. The molecule has 0 radical (unpaired) electrons. The molecule has 2 N–H and O–H groups in total. The lowest BCUT2D eigenvalue weighted by Gasteiger charge is -2.25. The van der Waals surface area contributed by atoms with E-state index in [1.807, 2.05) is 6.07 Å². The molecule has 1 atom stereocenters. The third kappa shape index (κ3) is 2.92. The number of hydroxylamine groups is 2. The fraction of sp³-hybridized carbons (Fsp3) is 0.0909. The Morgan fingerprint density at radius 3 is 2.82 bits per heavy atom. The third-order valence-electron chi connectivity index (χ3n) is 2.08. The first kappa shape index (κ1) is 11.8. The van der Waals surface area contributed by atoms with Crippen molar-refractivity contribution in [1.82, 2.24) is 5.06 Å². The zero-order valence-corrected chi connectivity index (χ0v) is 10.4. The van der Waals surface area contributed by atoms with Crippen molar-refractivity contribution in [3.05, 3.63) is 46.7 Å². The van der Waals surface area contributed by atoms with Crippen molar-refractivity contribution in [3.63, 3.8) is 0 Å². The van der Waals surface area contributed by atoms with Gasteiger partial charge in [-0.15, -0.1) is 0 Å². The topological polar surface area (TPSA) is 67.9 Å². The van der Waals surface area contributed by atoms with Gasteiger partial charge in [0.15, 0.2) is 0 Å². The first-order valence-electron chi connectivity index (χ1n) is 4.89. The van der Waals surface area contributed by atoms with Crippen LogP contribution in [0.5, 0.6) is 0 Å². The minimum atomic E-state index is -0.580. The molecule has 5 nitrogen and oxygen atoms in total. The number of nitrogens with two attached hydrogens (primary N) is 1. The number of hydrogen-bond acceptors (Lipinski definition) is 5. The van der Waals surface area contributed by atoms with Crippen molar-refractivity contribution in [2.24, 2.45) is 10.7 Å². The van der Waals surface area contributed by atoms with E-state index in [-0.39, 0.29) is 0 Å². The molecule has 0 fully saturated rings. The molecular formula is C11H10BrN3O2. The Morgan fingerprint density at radius 2 is 2.12 bits per heavy atom. The van der Waals surface area contributed by atoms with Crippen LogP contribution in [0.1, 0.15) is 10.4 Å². The maximum absolute atomic E-state index is 11.8. The van der Waals surface area contributed by atoms with Gasteiger partial charge in [-0.1, -0.05) is 18.2 Å². The van der Waals surface area contributed by atoms with Gasteiger partial charge in [0.25, 0.3) is 0 Å². The van der Waals surface area contributed by atoms with Crippen LogP contribution in [0.3, 0.4) is 0 Å². The first-order chi connectivity index (χ1) is 8.16. The summed E-state index contributed by atoms with van der Waals surface area (Å²) in [5.74, 6) is -0.465. The zero-order valence-electron chi connectivity index (χ0n) is 8.79. The van der Waals surface area contributed by atoms with Crippen LogP contribution in [0.4, 0.5) is 0 Å². The highest BCUT2D eigenvalue weighted by atomic mass is 79.9. The summed E-state index contributed by atoms with van der Waals surface area (Å²) in [5, 5.41) is 1.24. The van der Waals surface area contributed by atoms with Crippen LogP contribution < -0.4 is 5.73 Å². The lowest BCUT2D eigenvalue weighted by molar-refractivity contribution is -0.0845. The van der Waals surface area contributed by atoms with Crippen LogP contribution in [0.2, 0.25) is 0 Å². The van der Waals surface area contributed by atoms with Crippen LogP contribution in [-0.4, -0.2) is 23.4 Å². The summed E-state index contributed by atoms with van der Waals surface area (Å²) in [6.07, 6.45) is 2.40. The molecule has 1 aromatic carbocycles. The second-order valence-corrected chi connectivity index (χ2v) is 4.14. The summed E-state index contributed by atoms with van der Waals surface area (Å²) < 4.78 is 0.542. The Balaban J connectivity index is 2.07. The van der Waals surface area contributed by atoms with E-state index in [0.29, 0.717) is 10.2 Å². The van der Waals surface area contributed by atoms with Gasteiger partial charge in [-0.2, -0.15) is 5.06 Å². The van der Waals surface area contributed by atoms with Gasteiger partial charge in [0.2, 0.25) is 0 Å². The van der Waals surface area contributed by atoms with E-state index in [2.05, 4.69) is 20.9 Å². The highest BCUT2D eigenvalue weighted by molar-refractivity contribution is 9.11. The molecule has 0 saturated carbocycles. The average molecular weight is 296 g/mol. The molecule has 88 valence electrons. The van der Waals surface area contributed by atoms with Crippen LogP contribution in [0.15, 0.2) is 46.1 Å². The predicted octanol–water partition coefficient (Wildman–Crippen LogP) is 1.62. The average Bonchev–Trinajstić information content (AvgIpc) is 2.35. The van der Waals surface area contributed by atoms with E-state index in [0.717, 1.165) is 0 Å². The number of halogens is 1. The fourth-order valence-electron chi connectivity index (χ4n) is 1.25. The quantitative estimate of drug-likeness (QED) is 0.842. The molecule has 1 heterocycles. The maximum Gasteiger partial charge on any atom is 0.363 e. The molecule has 0 bridgehead atoms. The van der Waals surface area contributed by atoms with Gasteiger partial charge in [-0.25, -0.2) is 9.79 Å². The summed E-state index contributed by atoms with van der Waals surface area (Å²) in [7, 11) is 0. The monoisotopic (exact) mass is 295 g/mol. The molecule has 1 aliphatic rings. The molecule has 2 rings (SSSR count). The van der Waals surface area contributed by atoms with E-state index in [9.17, 15) is 4.79 Å². The number of carbonyl (C=O) groups excluding carboxylic acids is 1. The molecule has 0 aromatic heterocycles. The normalized spacial score (nSPS) is 18.8. The Morgan fingerprint density at radius 1 is 1.41 bits per heavy atom. The van der Waals surface area contributed by atoms with Gasteiger partial charge in [0, 0.05) is 6.21 Å². The molecule has 0 spiro atoms. The minimum absolute atomic E-state index is 0.465. The highest BCUT2D eigenvalue weighted by Crippen LogP contribution is 2.15. The van der Waals surface area contributed by atoms with E-state index >= 15 is 0 Å². The van der Waals surface area contributed by atoms with Gasteiger partial charge in [0.05, 0.1) is 11.8 Å². The lowest BCUT2D eigenvalue weighted by atomic mass is 10.2. The van der Waals surface area contributed by atoms with Crippen LogP contribution >= 0.6 is 15.9 Å². The summed E-state index contributed by atoms with van der Waals surface area (Å²) in [4.78, 5) is 20.8. The van der Waals surface area contributed by atoms with E-state index in [1.54, 1.807) is 24.3 Å². The second kappa shape index (κ2) is 5.11. The number of benzene rings is 1. The predicted molar refractivity (Wildman–Crippen MR) is 67.2 cm³/mol. The Hall–Kier alpha value is -1.66. The van der Waals surface area contributed by atoms with Crippen molar-refractivity contribution < 1.29 is 9.63 Å². The largest absolute Gasteiger partial charge is 0.363 e. The standard InChI is InChI=1S/C11H10BrN3O2/c12-9-7-15(10(13)6-14-9)17-11(16)8-4-2-1-3-5-8/h1-7,10H,13H2. The molecule has 0 saturated heterocycles. The molecule has 0 amide bonds. The number of hydrogen-bond donors (Lipinski definition) is 1. The molecular weight excluding hydrogens is 286 g/mol. The number of carbonyl (C=O) groups is 1.